The molecule has 0 spiro atoms. The predicted molar refractivity (Wildman–Crippen MR) is 180 cm³/mol. The van der Waals surface area contributed by atoms with Crippen LogP contribution in [0.15, 0.2) is 115 Å². The SMILES string of the molecule is C=c1c(=C)c2c(/C=C\C)c3ccccc3n2c2ccccc2n2c1c(/C=C\C)c1ccccc12.Nc1ccccc1. The van der Waals surface area contributed by atoms with Crippen molar-refractivity contribution in [1.82, 2.24) is 8.80 Å². The van der Waals surface area contributed by atoms with Crippen LogP contribution in [0.3, 0.4) is 0 Å². The molecule has 3 heteroatoms. The van der Waals surface area contributed by atoms with Crippen LogP contribution in [-0.4, -0.2) is 8.80 Å². The van der Waals surface area contributed by atoms with E-state index in [1.54, 1.807) is 0 Å². The van der Waals surface area contributed by atoms with Crippen LogP contribution in [0.4, 0.5) is 5.69 Å². The van der Waals surface area contributed by atoms with Gasteiger partial charge in [0.15, 0.2) is 0 Å². The number of fused-ring (bicyclic) bond motifs is 9. The van der Waals surface area contributed by atoms with Crippen LogP contribution in [0.5, 0.6) is 0 Å². The zero-order valence-corrected chi connectivity index (χ0v) is 23.5. The first-order valence-electron chi connectivity index (χ1n) is 13.9. The zero-order chi connectivity index (χ0) is 28.5. The van der Waals surface area contributed by atoms with Gasteiger partial charge in [-0.1, -0.05) is 104 Å². The smallest absolute Gasteiger partial charge is 0.0703 e. The fourth-order valence-electron chi connectivity index (χ4n) is 5.88. The number of allylic oxidation sites excluding steroid dienone is 2. The van der Waals surface area contributed by atoms with Crippen molar-refractivity contribution in [3.63, 3.8) is 0 Å². The number of anilines is 1. The van der Waals surface area contributed by atoms with Crippen LogP contribution >= 0.6 is 0 Å². The lowest BCUT2D eigenvalue weighted by atomic mass is 10.1. The van der Waals surface area contributed by atoms with Gasteiger partial charge in [-0.25, -0.2) is 0 Å². The summed E-state index contributed by atoms with van der Waals surface area (Å²) in [4.78, 5) is 0. The Morgan fingerprint density at radius 3 is 1.24 bits per heavy atom. The molecule has 3 heterocycles. The van der Waals surface area contributed by atoms with E-state index in [0.29, 0.717) is 0 Å². The highest BCUT2D eigenvalue weighted by atomic mass is 15.0. The predicted octanol–water partition coefficient (Wildman–Crippen LogP) is 8.37. The first-order chi connectivity index (χ1) is 20.1. The topological polar surface area (TPSA) is 34.8 Å². The largest absolute Gasteiger partial charge is 0.399 e. The Morgan fingerprint density at radius 1 is 0.512 bits per heavy atom. The van der Waals surface area contributed by atoms with Gasteiger partial charge in [0.2, 0.25) is 0 Å². The Labute approximate surface area is 239 Å². The lowest BCUT2D eigenvalue weighted by Gasteiger charge is -2.08. The second-order valence-electron chi connectivity index (χ2n) is 10.1. The van der Waals surface area contributed by atoms with Crippen molar-refractivity contribution in [3.05, 3.63) is 137 Å². The molecule has 0 aliphatic carbocycles. The van der Waals surface area contributed by atoms with E-state index in [9.17, 15) is 0 Å². The molecule has 41 heavy (non-hydrogen) atoms. The third-order valence-electron chi connectivity index (χ3n) is 7.59. The number of nitrogens with two attached hydrogens (primary N) is 1. The van der Waals surface area contributed by atoms with E-state index in [-0.39, 0.29) is 0 Å². The second-order valence-corrected chi connectivity index (χ2v) is 10.1. The van der Waals surface area contributed by atoms with Gasteiger partial charge in [0.1, 0.15) is 0 Å². The highest BCUT2D eigenvalue weighted by Gasteiger charge is 2.16. The number of hydrogen-bond donors (Lipinski definition) is 1. The third-order valence-corrected chi connectivity index (χ3v) is 7.59. The van der Waals surface area contributed by atoms with Crippen LogP contribution in [0.2, 0.25) is 0 Å². The summed E-state index contributed by atoms with van der Waals surface area (Å²) in [6, 6.07) is 35.3. The van der Waals surface area contributed by atoms with E-state index in [4.69, 9.17) is 5.73 Å². The molecule has 0 aliphatic heterocycles. The van der Waals surface area contributed by atoms with E-state index in [2.05, 4.69) is 133 Å². The van der Waals surface area contributed by atoms with Gasteiger partial charge in [-0.05, 0) is 50.2 Å². The monoisotopic (exact) mass is 531 g/mol. The van der Waals surface area contributed by atoms with Crippen LogP contribution in [-0.2, 0) is 0 Å². The first kappa shape index (κ1) is 26.0. The van der Waals surface area contributed by atoms with Crippen LogP contribution < -0.4 is 16.2 Å². The maximum absolute atomic E-state index is 5.36. The molecule has 0 aliphatic rings. The molecular weight excluding hydrogens is 498 g/mol. The fraction of sp³-hybridized carbons (Fsp3) is 0.0526. The number of para-hydroxylation sites is 5. The molecule has 0 bridgehead atoms. The summed E-state index contributed by atoms with van der Waals surface area (Å²) in [5.41, 5.74) is 15.3. The van der Waals surface area contributed by atoms with Crippen molar-refractivity contribution in [2.75, 3.05) is 5.73 Å². The molecule has 2 N–H and O–H groups in total. The average molecular weight is 532 g/mol. The standard InChI is InChI=1S/C32H26N2.C6H7N/c1-5-13-25-23-15-7-9-17-27(23)33-29-19-11-12-20-30(29)34-28-18-10-8-16-24(28)26(14-6-2)32(34)22(4)21(3)31(25)33;7-6-4-2-1-3-5-6/h5-20H,3-4H2,1-2H3;1-5H,7H2/b13-5-,14-6-;. The third kappa shape index (κ3) is 4.23. The molecule has 0 radical (unpaired) electrons. The normalized spacial score (nSPS) is 11.8. The summed E-state index contributed by atoms with van der Waals surface area (Å²) in [6.45, 7) is 13.4. The van der Waals surface area contributed by atoms with E-state index >= 15 is 0 Å². The van der Waals surface area contributed by atoms with Gasteiger partial charge < -0.3 is 14.5 Å². The molecule has 7 rings (SSSR count). The van der Waals surface area contributed by atoms with E-state index < -0.39 is 0 Å². The summed E-state index contributed by atoms with van der Waals surface area (Å²) >= 11 is 0. The minimum atomic E-state index is 0.822. The van der Waals surface area contributed by atoms with Gasteiger partial charge in [0.05, 0.1) is 33.1 Å². The summed E-state index contributed by atoms with van der Waals surface area (Å²) in [5, 5.41) is 4.30. The van der Waals surface area contributed by atoms with E-state index in [1.165, 1.54) is 32.9 Å². The molecule has 4 aromatic carbocycles. The fourth-order valence-corrected chi connectivity index (χ4v) is 5.88. The Hall–Kier alpha value is -5.28. The van der Waals surface area contributed by atoms with E-state index in [1.807, 2.05) is 30.3 Å². The lowest BCUT2D eigenvalue weighted by molar-refractivity contribution is 1.26. The van der Waals surface area contributed by atoms with Gasteiger partial charge in [0.25, 0.3) is 0 Å². The summed E-state index contributed by atoms with van der Waals surface area (Å²) in [7, 11) is 0. The molecule has 0 atom stereocenters. The van der Waals surface area contributed by atoms with Crippen molar-refractivity contribution < 1.29 is 0 Å². The average Bonchev–Trinajstić information content (AvgIpc) is 3.50. The van der Waals surface area contributed by atoms with Crippen molar-refractivity contribution in [2.45, 2.75) is 13.8 Å². The Bertz CT molecular complexity index is 2120. The van der Waals surface area contributed by atoms with Gasteiger partial charge in [0, 0.05) is 38.0 Å². The van der Waals surface area contributed by atoms with Gasteiger partial charge in [-0.2, -0.15) is 0 Å². The summed E-state index contributed by atoms with van der Waals surface area (Å²) < 4.78 is 4.72. The highest BCUT2D eigenvalue weighted by molar-refractivity contribution is 6.05. The van der Waals surface area contributed by atoms with Crippen LogP contribution in [0.25, 0.3) is 69.2 Å². The number of nitrogens with zero attached hydrogens (tertiary/aromatic N) is 2. The Kier molecular flexibility index (Phi) is 6.78. The number of benzene rings is 4. The van der Waals surface area contributed by atoms with Gasteiger partial charge >= 0.3 is 0 Å². The van der Waals surface area contributed by atoms with Crippen LogP contribution in [0, 0.1) is 0 Å². The Morgan fingerprint density at radius 2 is 0.878 bits per heavy atom. The second kappa shape index (κ2) is 10.7. The van der Waals surface area contributed by atoms with Gasteiger partial charge in [-0.15, -0.1) is 0 Å². The molecular formula is C38H33N3. The Balaban J connectivity index is 0.000000380. The minimum Gasteiger partial charge on any atom is -0.399 e. The minimum absolute atomic E-state index is 0.822. The lowest BCUT2D eigenvalue weighted by Crippen LogP contribution is -2.25. The highest BCUT2D eigenvalue weighted by Crippen LogP contribution is 2.32. The van der Waals surface area contributed by atoms with Crippen molar-refractivity contribution in [2.24, 2.45) is 0 Å². The molecule has 3 aromatic heterocycles. The summed E-state index contributed by atoms with van der Waals surface area (Å²) in [6.07, 6.45) is 8.59. The molecule has 0 saturated carbocycles. The maximum Gasteiger partial charge on any atom is 0.0703 e. The molecule has 0 fully saturated rings. The zero-order valence-electron chi connectivity index (χ0n) is 23.5. The molecule has 200 valence electrons. The van der Waals surface area contributed by atoms with Gasteiger partial charge in [-0.3, -0.25) is 0 Å². The van der Waals surface area contributed by atoms with Crippen molar-refractivity contribution >= 4 is 74.9 Å². The number of nitrogen functional groups attached to an aromatic ring is 1. The number of hydrogen-bond acceptors (Lipinski definition) is 1. The van der Waals surface area contributed by atoms with Crippen molar-refractivity contribution in [3.8, 4) is 0 Å². The molecule has 3 nitrogen and oxygen atoms in total. The van der Waals surface area contributed by atoms with Crippen LogP contribution in [0.1, 0.15) is 25.0 Å². The molecule has 0 amide bonds. The number of aromatic nitrogens is 2. The summed E-state index contributed by atoms with van der Waals surface area (Å²) in [5.74, 6) is 0. The maximum atomic E-state index is 5.36. The number of rotatable bonds is 2. The molecule has 0 saturated heterocycles. The quantitative estimate of drug-likeness (QED) is 0.224. The first-order valence-corrected chi connectivity index (χ1v) is 13.9. The van der Waals surface area contributed by atoms with E-state index in [0.717, 1.165) is 38.2 Å². The molecule has 7 aromatic rings. The van der Waals surface area contributed by atoms with Crippen molar-refractivity contribution in [1.29, 1.82) is 0 Å². The molecule has 0 unspecified atom stereocenters.